The maximum Gasteiger partial charge on any atom is 0.142 e. The molecule has 0 amide bonds. The monoisotopic (exact) mass is 298 g/mol. The van der Waals surface area contributed by atoms with Crippen molar-refractivity contribution in [2.24, 2.45) is 0 Å². The van der Waals surface area contributed by atoms with Gasteiger partial charge < -0.3 is 5.32 Å². The van der Waals surface area contributed by atoms with Crippen LogP contribution in [0.25, 0.3) is 0 Å². The molecule has 1 aromatic carbocycles. The molecule has 2 rings (SSSR count). The molecule has 1 saturated heterocycles. The van der Waals surface area contributed by atoms with Crippen LogP contribution in [0.4, 0.5) is 4.39 Å². The second-order valence-corrected chi connectivity index (χ2v) is 6.97. The van der Waals surface area contributed by atoms with E-state index in [2.05, 4.69) is 31.0 Å². The van der Waals surface area contributed by atoms with Crippen molar-refractivity contribution >= 4 is 11.6 Å². The van der Waals surface area contributed by atoms with Gasteiger partial charge in [0.25, 0.3) is 0 Å². The van der Waals surface area contributed by atoms with E-state index in [1.807, 2.05) is 6.07 Å². The number of hydrogen-bond acceptors (Lipinski definition) is 2. The third kappa shape index (κ3) is 4.18. The van der Waals surface area contributed by atoms with E-state index in [9.17, 15) is 4.39 Å². The lowest BCUT2D eigenvalue weighted by Crippen LogP contribution is -2.49. The van der Waals surface area contributed by atoms with Gasteiger partial charge in [-0.25, -0.2) is 4.39 Å². The van der Waals surface area contributed by atoms with Crippen LogP contribution in [0.2, 0.25) is 5.02 Å². The third-order valence-electron chi connectivity index (χ3n) is 4.02. The molecule has 1 N–H and O–H groups in total. The Bertz CT molecular complexity index is 448. The first-order valence-electron chi connectivity index (χ1n) is 7.28. The number of rotatable bonds is 3. The number of benzene rings is 1. The van der Waals surface area contributed by atoms with Crippen LogP contribution in [-0.2, 0) is 6.54 Å². The van der Waals surface area contributed by atoms with E-state index in [1.165, 1.54) is 6.07 Å². The number of hydrogen-bond donors (Lipinski definition) is 1. The lowest BCUT2D eigenvalue weighted by atomic mass is 9.98. The van der Waals surface area contributed by atoms with Crippen molar-refractivity contribution in [3.05, 3.63) is 34.6 Å². The fourth-order valence-corrected chi connectivity index (χ4v) is 2.78. The smallest absolute Gasteiger partial charge is 0.142 e. The molecule has 112 valence electrons. The van der Waals surface area contributed by atoms with Gasteiger partial charge in [-0.15, -0.1) is 0 Å². The zero-order valence-electron chi connectivity index (χ0n) is 12.5. The highest BCUT2D eigenvalue weighted by atomic mass is 35.5. The quantitative estimate of drug-likeness (QED) is 0.912. The molecule has 1 aliphatic rings. The maximum absolute atomic E-state index is 13.4. The van der Waals surface area contributed by atoms with Crippen molar-refractivity contribution in [2.45, 2.75) is 51.7 Å². The summed E-state index contributed by atoms with van der Waals surface area (Å²) in [5.74, 6) is -0.339. The Hall–Kier alpha value is -0.640. The van der Waals surface area contributed by atoms with Crippen LogP contribution in [0.15, 0.2) is 18.2 Å². The fourth-order valence-electron chi connectivity index (χ4n) is 2.67. The minimum absolute atomic E-state index is 0.187. The van der Waals surface area contributed by atoms with Crippen LogP contribution in [0.3, 0.4) is 0 Å². The minimum Gasteiger partial charge on any atom is -0.310 e. The number of likely N-dealkylation sites (tertiary alicyclic amines) is 1. The van der Waals surface area contributed by atoms with Crippen molar-refractivity contribution in [3.8, 4) is 0 Å². The maximum atomic E-state index is 13.4. The first-order valence-corrected chi connectivity index (χ1v) is 7.66. The molecule has 0 radical (unpaired) electrons. The van der Waals surface area contributed by atoms with Gasteiger partial charge in [0.15, 0.2) is 0 Å². The average molecular weight is 299 g/mol. The predicted octanol–water partition coefficient (Wildman–Crippen LogP) is 3.83. The molecule has 0 spiro atoms. The van der Waals surface area contributed by atoms with Crippen LogP contribution < -0.4 is 5.32 Å². The van der Waals surface area contributed by atoms with Crippen LogP contribution >= 0.6 is 11.6 Å². The third-order valence-corrected chi connectivity index (χ3v) is 4.33. The second kappa shape index (κ2) is 6.42. The minimum atomic E-state index is -0.339. The SMILES string of the molecule is CC(C)(C)N1CCC(NCc2ccc(Cl)c(F)c2)CC1. The summed E-state index contributed by atoms with van der Waals surface area (Å²) in [7, 11) is 0. The van der Waals surface area contributed by atoms with Crippen molar-refractivity contribution < 1.29 is 4.39 Å². The molecule has 2 nitrogen and oxygen atoms in total. The highest BCUT2D eigenvalue weighted by Crippen LogP contribution is 2.21. The zero-order chi connectivity index (χ0) is 14.8. The first-order chi connectivity index (χ1) is 9.36. The van der Waals surface area contributed by atoms with Crippen LogP contribution in [0, 0.1) is 5.82 Å². The van der Waals surface area contributed by atoms with Gasteiger partial charge in [0, 0.05) is 31.2 Å². The van der Waals surface area contributed by atoms with Gasteiger partial charge in [0.05, 0.1) is 5.02 Å². The fraction of sp³-hybridized carbons (Fsp3) is 0.625. The summed E-state index contributed by atoms with van der Waals surface area (Å²) in [5.41, 5.74) is 1.20. The van der Waals surface area contributed by atoms with Crippen LogP contribution in [0.1, 0.15) is 39.2 Å². The van der Waals surface area contributed by atoms with Gasteiger partial charge in [-0.3, -0.25) is 4.90 Å². The molecule has 0 aromatic heterocycles. The average Bonchev–Trinajstić information content (AvgIpc) is 2.40. The molecule has 1 aliphatic heterocycles. The van der Waals surface area contributed by atoms with E-state index >= 15 is 0 Å². The lowest BCUT2D eigenvalue weighted by Gasteiger charge is -2.41. The molecule has 4 heteroatoms. The molecular weight excluding hydrogens is 275 g/mol. The van der Waals surface area contributed by atoms with E-state index in [0.717, 1.165) is 31.5 Å². The Labute approximate surface area is 126 Å². The van der Waals surface area contributed by atoms with E-state index in [4.69, 9.17) is 11.6 Å². The molecule has 20 heavy (non-hydrogen) atoms. The summed E-state index contributed by atoms with van der Waals surface area (Å²) in [6, 6.07) is 5.53. The summed E-state index contributed by atoms with van der Waals surface area (Å²) < 4.78 is 13.4. The predicted molar refractivity (Wildman–Crippen MR) is 82.6 cm³/mol. The van der Waals surface area contributed by atoms with E-state index in [0.29, 0.717) is 12.6 Å². The van der Waals surface area contributed by atoms with Gasteiger partial charge in [-0.1, -0.05) is 17.7 Å². The Balaban J connectivity index is 1.80. The summed E-state index contributed by atoms with van der Waals surface area (Å²) >= 11 is 5.69. The Morgan fingerprint density at radius 1 is 1.30 bits per heavy atom. The molecule has 1 aromatic rings. The molecule has 1 heterocycles. The number of nitrogens with one attached hydrogen (secondary N) is 1. The standard InChI is InChI=1S/C16H24ClFN2/c1-16(2,3)20-8-6-13(7-9-20)19-11-12-4-5-14(17)15(18)10-12/h4-5,10,13,19H,6-9,11H2,1-3H3. The van der Waals surface area contributed by atoms with E-state index in [1.54, 1.807) is 6.07 Å². The van der Waals surface area contributed by atoms with E-state index in [-0.39, 0.29) is 16.4 Å². The topological polar surface area (TPSA) is 15.3 Å². The molecule has 0 saturated carbocycles. The van der Waals surface area contributed by atoms with Crippen molar-refractivity contribution in [1.29, 1.82) is 0 Å². The number of nitrogens with zero attached hydrogens (tertiary/aromatic N) is 1. The zero-order valence-corrected chi connectivity index (χ0v) is 13.3. The Morgan fingerprint density at radius 3 is 2.50 bits per heavy atom. The van der Waals surface area contributed by atoms with Gasteiger partial charge in [-0.2, -0.15) is 0 Å². The molecule has 0 aliphatic carbocycles. The first kappa shape index (κ1) is 15.7. The molecule has 0 bridgehead atoms. The molecular formula is C16H24ClFN2. The largest absolute Gasteiger partial charge is 0.310 e. The van der Waals surface area contributed by atoms with Gasteiger partial charge >= 0.3 is 0 Å². The number of halogens is 2. The van der Waals surface area contributed by atoms with Gasteiger partial charge in [-0.05, 0) is 51.3 Å². The summed E-state index contributed by atoms with van der Waals surface area (Å²) in [4.78, 5) is 2.52. The van der Waals surface area contributed by atoms with Crippen molar-refractivity contribution in [2.75, 3.05) is 13.1 Å². The summed E-state index contributed by atoms with van der Waals surface area (Å²) in [6.07, 6.45) is 2.29. The summed E-state index contributed by atoms with van der Waals surface area (Å²) in [6.45, 7) is 9.73. The van der Waals surface area contributed by atoms with Crippen molar-refractivity contribution in [3.63, 3.8) is 0 Å². The normalized spacial score (nSPS) is 18.4. The van der Waals surface area contributed by atoms with Crippen LogP contribution in [0.5, 0.6) is 0 Å². The highest BCUT2D eigenvalue weighted by molar-refractivity contribution is 6.30. The van der Waals surface area contributed by atoms with Gasteiger partial charge in [0.2, 0.25) is 0 Å². The Morgan fingerprint density at radius 2 is 1.95 bits per heavy atom. The van der Waals surface area contributed by atoms with E-state index < -0.39 is 0 Å². The van der Waals surface area contributed by atoms with Crippen molar-refractivity contribution in [1.82, 2.24) is 10.2 Å². The Kier molecular flexibility index (Phi) is 5.05. The second-order valence-electron chi connectivity index (χ2n) is 6.56. The molecule has 0 unspecified atom stereocenters. The van der Waals surface area contributed by atoms with Gasteiger partial charge in [0.1, 0.15) is 5.82 Å². The number of piperidine rings is 1. The lowest BCUT2D eigenvalue weighted by molar-refractivity contribution is 0.0960. The highest BCUT2D eigenvalue weighted by Gasteiger charge is 2.26. The molecule has 1 fully saturated rings. The summed E-state index contributed by atoms with van der Waals surface area (Å²) in [5, 5.41) is 3.71. The van der Waals surface area contributed by atoms with Crippen LogP contribution in [-0.4, -0.2) is 29.6 Å². The molecule has 0 atom stereocenters.